The first-order valence-electron chi connectivity index (χ1n) is 8.07. The van der Waals surface area contributed by atoms with Crippen LogP contribution in [0.5, 0.6) is 0 Å². The number of nitrogens with two attached hydrogens (primary N) is 1. The van der Waals surface area contributed by atoms with Crippen LogP contribution in [0.1, 0.15) is 31.3 Å². The normalized spacial score (nSPS) is 25.1. The van der Waals surface area contributed by atoms with E-state index in [1.807, 2.05) is 17.8 Å². The number of thiazole rings is 1. The van der Waals surface area contributed by atoms with Gasteiger partial charge < -0.3 is 5.73 Å². The third-order valence-corrected chi connectivity index (χ3v) is 5.05. The average molecular weight is 337 g/mol. The summed E-state index contributed by atoms with van der Waals surface area (Å²) in [5, 5.41) is 0. The Morgan fingerprint density at radius 2 is 1.83 bits per heavy atom. The van der Waals surface area contributed by atoms with Crippen LogP contribution in [-0.2, 0) is 0 Å². The van der Waals surface area contributed by atoms with E-state index >= 15 is 0 Å². The summed E-state index contributed by atoms with van der Waals surface area (Å²) < 4.78 is 0. The molecular formula is C20H23N3S. The van der Waals surface area contributed by atoms with E-state index < -0.39 is 0 Å². The van der Waals surface area contributed by atoms with Gasteiger partial charge in [0.05, 0.1) is 22.6 Å². The van der Waals surface area contributed by atoms with Gasteiger partial charge in [-0.3, -0.25) is 4.99 Å². The van der Waals surface area contributed by atoms with Crippen LogP contribution in [0.2, 0.25) is 0 Å². The van der Waals surface area contributed by atoms with Gasteiger partial charge in [-0.25, -0.2) is 4.98 Å². The first-order chi connectivity index (χ1) is 11.4. The zero-order valence-electron chi connectivity index (χ0n) is 14.4. The molecule has 0 radical (unpaired) electrons. The summed E-state index contributed by atoms with van der Waals surface area (Å²) >= 11 is 1.66. The van der Waals surface area contributed by atoms with E-state index in [0.29, 0.717) is 6.54 Å². The Morgan fingerprint density at radius 3 is 2.67 bits per heavy atom. The van der Waals surface area contributed by atoms with Crippen LogP contribution in [0.4, 0.5) is 0 Å². The lowest BCUT2D eigenvalue weighted by Crippen LogP contribution is -2.13. The minimum absolute atomic E-state index is 0.0172. The van der Waals surface area contributed by atoms with Gasteiger partial charge in [0.1, 0.15) is 0 Å². The molecule has 0 saturated carbocycles. The highest BCUT2D eigenvalue weighted by atomic mass is 32.1. The van der Waals surface area contributed by atoms with E-state index in [2.05, 4.69) is 73.3 Å². The molecule has 24 heavy (non-hydrogen) atoms. The van der Waals surface area contributed by atoms with E-state index in [-0.39, 0.29) is 10.8 Å². The molecule has 0 bridgehead atoms. The molecule has 1 heterocycles. The fourth-order valence-corrected chi connectivity index (χ4v) is 3.19. The molecule has 1 aromatic heterocycles. The highest BCUT2D eigenvalue weighted by Gasteiger charge is 2.19. The highest BCUT2D eigenvalue weighted by molar-refractivity contribution is 7.10. The van der Waals surface area contributed by atoms with Crippen molar-refractivity contribution in [3.8, 4) is 0 Å². The largest absolute Gasteiger partial charge is 0.398 e. The van der Waals surface area contributed by atoms with Crippen LogP contribution in [0.3, 0.4) is 0 Å². The predicted molar refractivity (Wildman–Crippen MR) is 105 cm³/mol. The van der Waals surface area contributed by atoms with Crippen LogP contribution in [0.25, 0.3) is 12.2 Å². The molecule has 0 aromatic carbocycles. The van der Waals surface area contributed by atoms with Crippen molar-refractivity contribution in [2.24, 2.45) is 21.6 Å². The Balaban J connectivity index is 1.74. The zero-order valence-corrected chi connectivity index (χ0v) is 15.2. The quantitative estimate of drug-likeness (QED) is 0.818. The Hall–Kier alpha value is -2.20. The molecule has 1 unspecified atom stereocenters. The number of aromatic nitrogens is 1. The van der Waals surface area contributed by atoms with Gasteiger partial charge in [-0.15, -0.1) is 11.3 Å². The summed E-state index contributed by atoms with van der Waals surface area (Å²) in [5.74, 6) is 0. The lowest BCUT2D eigenvalue weighted by Gasteiger charge is -2.18. The van der Waals surface area contributed by atoms with E-state index in [0.717, 1.165) is 17.0 Å². The fourth-order valence-electron chi connectivity index (χ4n) is 2.53. The van der Waals surface area contributed by atoms with Crippen LogP contribution >= 0.6 is 11.3 Å². The molecule has 2 aliphatic rings. The highest BCUT2D eigenvalue weighted by Crippen LogP contribution is 2.30. The molecule has 0 saturated heterocycles. The van der Waals surface area contributed by atoms with Gasteiger partial charge in [0, 0.05) is 28.3 Å². The molecule has 3 rings (SSSR count). The maximum Gasteiger partial charge on any atom is 0.0809 e. The molecule has 3 nitrogen and oxygen atoms in total. The third-order valence-electron chi connectivity index (χ3n) is 4.24. The van der Waals surface area contributed by atoms with Crippen molar-refractivity contribution in [2.45, 2.75) is 20.8 Å². The summed E-state index contributed by atoms with van der Waals surface area (Å²) in [5.41, 5.74) is 10.7. The second-order valence-corrected chi connectivity index (χ2v) is 8.03. The molecule has 1 aromatic rings. The van der Waals surface area contributed by atoms with Crippen LogP contribution in [-0.4, -0.2) is 17.7 Å². The SMILES string of the molecule is CC1(C)C=CC(N)=C(C=NCC2(C)C=Cc3ncsc3C=C2)C=C1. The first kappa shape index (κ1) is 16.7. The van der Waals surface area contributed by atoms with Crippen molar-refractivity contribution in [2.75, 3.05) is 6.54 Å². The topological polar surface area (TPSA) is 51.3 Å². The van der Waals surface area contributed by atoms with Crippen molar-refractivity contribution in [1.82, 2.24) is 4.98 Å². The lowest BCUT2D eigenvalue weighted by molar-refractivity contribution is 0.575. The fraction of sp³-hybridized carbons (Fsp3) is 0.300. The molecule has 2 N–H and O–H groups in total. The second kappa shape index (κ2) is 6.36. The van der Waals surface area contributed by atoms with E-state index in [1.165, 1.54) is 4.88 Å². The molecule has 1 atom stereocenters. The average Bonchev–Trinajstić information content (AvgIpc) is 2.88. The summed E-state index contributed by atoms with van der Waals surface area (Å²) in [7, 11) is 0. The van der Waals surface area contributed by atoms with Gasteiger partial charge >= 0.3 is 0 Å². The number of hydrogen-bond acceptors (Lipinski definition) is 4. The van der Waals surface area contributed by atoms with Gasteiger partial charge in [0.25, 0.3) is 0 Å². The summed E-state index contributed by atoms with van der Waals surface area (Å²) in [6.07, 6.45) is 18.8. The number of allylic oxidation sites excluding steroid dienone is 5. The van der Waals surface area contributed by atoms with E-state index in [1.54, 1.807) is 11.3 Å². The van der Waals surface area contributed by atoms with Crippen LogP contribution < -0.4 is 5.73 Å². The van der Waals surface area contributed by atoms with Gasteiger partial charge in [0.2, 0.25) is 0 Å². The molecule has 2 aliphatic carbocycles. The van der Waals surface area contributed by atoms with Crippen molar-refractivity contribution in [3.05, 3.63) is 63.8 Å². The lowest BCUT2D eigenvalue weighted by atomic mass is 9.90. The monoisotopic (exact) mass is 337 g/mol. The first-order valence-corrected chi connectivity index (χ1v) is 8.95. The molecule has 4 heteroatoms. The smallest absolute Gasteiger partial charge is 0.0809 e. The molecular weight excluding hydrogens is 314 g/mol. The maximum absolute atomic E-state index is 6.14. The molecule has 124 valence electrons. The Bertz CT molecular complexity index is 772. The minimum Gasteiger partial charge on any atom is -0.398 e. The standard InChI is InChI=1S/C20H23N3S/c1-19(2)8-4-15(16(21)5-9-19)12-22-13-20(3)10-6-17-18(7-11-20)24-14-23-17/h4-12,14H,13,21H2,1-3H3. The number of hydrogen-bond donors (Lipinski definition) is 1. The third kappa shape index (κ3) is 3.82. The number of fused-ring (bicyclic) bond motifs is 1. The van der Waals surface area contributed by atoms with Crippen LogP contribution in [0.15, 0.2) is 58.2 Å². The van der Waals surface area contributed by atoms with Crippen molar-refractivity contribution in [3.63, 3.8) is 0 Å². The summed E-state index contributed by atoms with van der Waals surface area (Å²) in [6, 6.07) is 0. The van der Waals surface area contributed by atoms with Crippen molar-refractivity contribution >= 4 is 29.7 Å². The number of nitrogens with zero attached hydrogens (tertiary/aromatic N) is 2. The van der Waals surface area contributed by atoms with Gasteiger partial charge in [-0.1, -0.05) is 51.2 Å². The summed E-state index contributed by atoms with van der Waals surface area (Å²) in [6.45, 7) is 7.16. The maximum atomic E-state index is 6.14. The van der Waals surface area contributed by atoms with Gasteiger partial charge in [-0.05, 0) is 18.2 Å². The zero-order chi connectivity index (χ0) is 17.2. The van der Waals surface area contributed by atoms with Crippen molar-refractivity contribution in [1.29, 1.82) is 0 Å². The molecule has 0 aliphatic heterocycles. The van der Waals surface area contributed by atoms with Gasteiger partial charge in [0.15, 0.2) is 0 Å². The molecule has 0 amide bonds. The van der Waals surface area contributed by atoms with Crippen LogP contribution in [0, 0.1) is 10.8 Å². The van der Waals surface area contributed by atoms with Gasteiger partial charge in [-0.2, -0.15) is 0 Å². The Labute approximate surface area is 147 Å². The number of aliphatic imine (C=N–C) groups is 1. The van der Waals surface area contributed by atoms with Crippen molar-refractivity contribution < 1.29 is 0 Å². The molecule has 0 fully saturated rings. The molecule has 0 spiro atoms. The Kier molecular flexibility index (Phi) is 4.41. The van der Waals surface area contributed by atoms with E-state index in [4.69, 9.17) is 5.73 Å². The summed E-state index contributed by atoms with van der Waals surface area (Å²) in [4.78, 5) is 10.2. The second-order valence-electron chi connectivity index (χ2n) is 7.14. The van der Waals surface area contributed by atoms with E-state index in [9.17, 15) is 0 Å². The minimum atomic E-state index is -0.115. The predicted octanol–water partition coefficient (Wildman–Crippen LogP) is 4.63. The number of rotatable bonds is 3. The Morgan fingerprint density at radius 1 is 1.08 bits per heavy atom.